The molecule has 7 nitrogen and oxygen atoms in total. The van der Waals surface area contributed by atoms with Crippen LogP contribution < -0.4 is 10.6 Å². The van der Waals surface area contributed by atoms with Crippen LogP contribution in [0.1, 0.15) is 20.2 Å². The number of thiazole rings is 1. The zero-order valence-electron chi connectivity index (χ0n) is 13.2. The molecule has 10 heteroatoms. The first kappa shape index (κ1) is 18.0. The molecule has 0 aliphatic heterocycles. The number of nitrogens with one attached hydrogen (secondary N) is 2. The third-order valence-corrected chi connectivity index (χ3v) is 5.02. The van der Waals surface area contributed by atoms with E-state index in [-0.39, 0.29) is 15.6 Å². The van der Waals surface area contributed by atoms with E-state index < -0.39 is 31.2 Å². The number of fused-ring (bicyclic) bond motifs is 1. The fourth-order valence-electron chi connectivity index (χ4n) is 2.04. The van der Waals surface area contributed by atoms with Gasteiger partial charge in [0, 0.05) is 0 Å². The summed E-state index contributed by atoms with van der Waals surface area (Å²) in [5, 5.41) is 6.71. The summed E-state index contributed by atoms with van der Waals surface area (Å²) in [5.74, 6) is -1.21. The van der Waals surface area contributed by atoms with Crippen molar-refractivity contribution in [3.05, 3.63) is 46.3 Å². The molecule has 3 rings (SSSR count). The van der Waals surface area contributed by atoms with E-state index >= 15 is 0 Å². The van der Waals surface area contributed by atoms with Gasteiger partial charge in [-0.05, 0) is 23.6 Å². The van der Waals surface area contributed by atoms with Crippen LogP contribution in [0.5, 0.6) is 0 Å². The third kappa shape index (κ3) is 4.03. The Morgan fingerprint density at radius 1 is 1.15 bits per heavy atom. The normalized spacial score (nSPS) is 10.5. The predicted molar refractivity (Wildman–Crippen MR) is 96.7 cm³/mol. The van der Waals surface area contributed by atoms with Crippen LogP contribution >= 0.6 is 22.7 Å². The van der Waals surface area contributed by atoms with Crippen molar-refractivity contribution < 1.29 is 23.5 Å². The number of hydrogen-bond acceptors (Lipinski definition) is 7. The van der Waals surface area contributed by atoms with Gasteiger partial charge in [0.25, 0.3) is 11.8 Å². The molecule has 134 valence electrons. The first-order valence-electron chi connectivity index (χ1n) is 7.37. The van der Waals surface area contributed by atoms with Crippen molar-refractivity contribution in [2.75, 3.05) is 18.6 Å². The molecular formula is C16H12FN3O4S2. The molecule has 1 aromatic carbocycles. The van der Waals surface area contributed by atoms with Gasteiger partial charge in [-0.1, -0.05) is 12.1 Å². The molecular weight excluding hydrogens is 381 g/mol. The van der Waals surface area contributed by atoms with Crippen molar-refractivity contribution in [3.8, 4) is 0 Å². The van der Waals surface area contributed by atoms with Crippen molar-refractivity contribution in [1.82, 2.24) is 10.3 Å². The molecule has 0 unspecified atom stereocenters. The second-order valence-electron chi connectivity index (χ2n) is 4.88. The van der Waals surface area contributed by atoms with Gasteiger partial charge >= 0.3 is 6.09 Å². The largest absolute Gasteiger partial charge is 0.446 e. The highest BCUT2D eigenvalue weighted by atomic mass is 32.1. The minimum atomic E-state index is -1.05. The quantitative estimate of drug-likeness (QED) is 0.692. The van der Waals surface area contributed by atoms with Gasteiger partial charge < -0.3 is 10.1 Å². The fraction of sp³-hybridized carbons (Fsp3) is 0.125. The van der Waals surface area contributed by atoms with E-state index in [1.807, 2.05) is 23.5 Å². The Bertz CT molecular complexity index is 936. The summed E-state index contributed by atoms with van der Waals surface area (Å²) in [6.07, 6.45) is -1.05. The number of ether oxygens (including phenoxy) is 1. The van der Waals surface area contributed by atoms with Crippen molar-refractivity contribution >= 4 is 55.8 Å². The van der Waals surface area contributed by atoms with Gasteiger partial charge in [0.05, 0.1) is 15.8 Å². The number of nitrogens with zero attached hydrogens (tertiary/aromatic N) is 1. The van der Waals surface area contributed by atoms with Crippen LogP contribution in [-0.2, 0) is 4.74 Å². The smallest absolute Gasteiger partial charge is 0.414 e. The lowest BCUT2D eigenvalue weighted by atomic mass is 10.3. The topological polar surface area (TPSA) is 97.4 Å². The molecule has 0 saturated heterocycles. The number of amides is 3. The highest BCUT2D eigenvalue weighted by Crippen LogP contribution is 2.26. The van der Waals surface area contributed by atoms with Crippen molar-refractivity contribution in [2.45, 2.75) is 0 Å². The van der Waals surface area contributed by atoms with Gasteiger partial charge in [-0.25, -0.2) is 14.2 Å². The molecule has 3 aromatic rings. The number of alkyl carbamates (subject to hydrolysis) is 1. The number of imide groups is 1. The van der Waals surface area contributed by atoms with Crippen LogP contribution in [0.2, 0.25) is 0 Å². The summed E-state index contributed by atoms with van der Waals surface area (Å²) >= 11 is 2.36. The highest BCUT2D eigenvalue weighted by Gasteiger charge is 2.20. The lowest BCUT2D eigenvalue weighted by Crippen LogP contribution is -2.31. The summed E-state index contributed by atoms with van der Waals surface area (Å²) in [4.78, 5) is 40.1. The number of aromatic nitrogens is 1. The SMILES string of the molecule is O=C(NC(=O)c1ccsc1NC(=O)c1nc2ccccc2s1)OCCF. The average Bonchev–Trinajstić information content (AvgIpc) is 3.26. The Labute approximate surface area is 154 Å². The number of rotatable bonds is 5. The van der Waals surface area contributed by atoms with Crippen LogP contribution in [0, 0.1) is 0 Å². The van der Waals surface area contributed by atoms with Gasteiger partial charge in [0.15, 0.2) is 5.01 Å². The summed E-state index contributed by atoms with van der Waals surface area (Å²) in [6, 6.07) is 8.79. The fourth-order valence-corrected chi connectivity index (χ4v) is 3.68. The monoisotopic (exact) mass is 393 g/mol. The van der Waals surface area contributed by atoms with Crippen LogP contribution in [-0.4, -0.2) is 36.2 Å². The molecule has 26 heavy (non-hydrogen) atoms. The number of thiophene rings is 1. The first-order chi connectivity index (χ1) is 12.6. The Morgan fingerprint density at radius 3 is 2.73 bits per heavy atom. The summed E-state index contributed by atoms with van der Waals surface area (Å²) in [5.41, 5.74) is 0.809. The second-order valence-corrected chi connectivity index (χ2v) is 6.83. The number of hydrogen-bond donors (Lipinski definition) is 2. The van der Waals surface area contributed by atoms with Gasteiger partial charge in [0.1, 0.15) is 18.3 Å². The van der Waals surface area contributed by atoms with Gasteiger partial charge in [0.2, 0.25) is 0 Å². The summed E-state index contributed by atoms with van der Waals surface area (Å²) < 4.78 is 17.3. The van der Waals surface area contributed by atoms with E-state index in [1.165, 1.54) is 17.4 Å². The molecule has 0 aliphatic carbocycles. The zero-order valence-corrected chi connectivity index (χ0v) is 14.8. The molecule has 2 heterocycles. The average molecular weight is 393 g/mol. The standard InChI is InChI=1S/C16H12FN3O4S2/c17-6-7-24-16(23)20-12(21)9-5-8-25-14(9)19-13(22)15-18-10-3-1-2-4-11(10)26-15/h1-5,8H,6-7H2,(H,19,22)(H,20,21,23). The zero-order chi connectivity index (χ0) is 18.5. The van der Waals surface area contributed by atoms with Crippen LogP contribution in [0.3, 0.4) is 0 Å². The molecule has 0 radical (unpaired) electrons. The van der Waals surface area contributed by atoms with Gasteiger partial charge in [-0.15, -0.1) is 22.7 Å². The third-order valence-electron chi connectivity index (χ3n) is 3.15. The molecule has 3 amide bonds. The summed E-state index contributed by atoms with van der Waals surface area (Å²) in [7, 11) is 0. The Morgan fingerprint density at radius 2 is 1.96 bits per heavy atom. The lowest BCUT2D eigenvalue weighted by Gasteiger charge is -2.06. The number of carbonyl (C=O) groups is 3. The van der Waals surface area contributed by atoms with E-state index in [9.17, 15) is 18.8 Å². The van der Waals surface area contributed by atoms with Crippen molar-refractivity contribution in [1.29, 1.82) is 0 Å². The van der Waals surface area contributed by atoms with Crippen LogP contribution in [0.4, 0.5) is 14.2 Å². The number of alkyl halides is 1. The first-order valence-corrected chi connectivity index (χ1v) is 9.06. The molecule has 2 aromatic heterocycles. The highest BCUT2D eigenvalue weighted by molar-refractivity contribution is 7.20. The minimum absolute atomic E-state index is 0.0988. The van der Waals surface area contributed by atoms with Crippen molar-refractivity contribution in [3.63, 3.8) is 0 Å². The van der Waals surface area contributed by atoms with Gasteiger partial charge in [-0.3, -0.25) is 14.9 Å². The molecule has 0 spiro atoms. The van der Waals surface area contributed by atoms with Crippen LogP contribution in [0.15, 0.2) is 35.7 Å². The van der Waals surface area contributed by atoms with E-state index in [0.29, 0.717) is 5.52 Å². The molecule has 0 fully saturated rings. The number of carbonyl (C=O) groups excluding carboxylic acids is 3. The molecule has 0 aliphatic rings. The minimum Gasteiger partial charge on any atom is -0.446 e. The van der Waals surface area contributed by atoms with E-state index in [4.69, 9.17) is 0 Å². The number of halogens is 1. The second kappa shape index (κ2) is 8.02. The molecule has 0 saturated carbocycles. The molecule has 2 N–H and O–H groups in total. The van der Waals surface area contributed by atoms with Crippen molar-refractivity contribution in [2.24, 2.45) is 0 Å². The van der Waals surface area contributed by atoms with E-state index in [2.05, 4.69) is 15.0 Å². The Balaban J connectivity index is 1.71. The maximum Gasteiger partial charge on any atom is 0.414 e. The predicted octanol–water partition coefficient (Wildman–Crippen LogP) is 3.45. The lowest BCUT2D eigenvalue weighted by molar-refractivity contribution is 0.0914. The Kier molecular flexibility index (Phi) is 5.54. The van der Waals surface area contributed by atoms with E-state index in [0.717, 1.165) is 16.0 Å². The number of para-hydroxylation sites is 1. The van der Waals surface area contributed by atoms with Gasteiger partial charge in [-0.2, -0.15) is 0 Å². The van der Waals surface area contributed by atoms with Crippen LogP contribution in [0.25, 0.3) is 10.2 Å². The summed E-state index contributed by atoms with van der Waals surface area (Å²) in [6.45, 7) is -1.28. The Hall–Kier alpha value is -2.85. The molecule has 0 atom stereocenters. The number of benzene rings is 1. The maximum atomic E-state index is 12.4. The van der Waals surface area contributed by atoms with E-state index in [1.54, 1.807) is 11.4 Å². The number of anilines is 1. The maximum absolute atomic E-state index is 12.4. The molecule has 0 bridgehead atoms.